The van der Waals surface area contributed by atoms with Crippen LogP contribution in [0.2, 0.25) is 5.02 Å². The lowest BCUT2D eigenvalue weighted by Gasteiger charge is -2.28. The van der Waals surface area contributed by atoms with Crippen LogP contribution < -0.4 is 5.32 Å². The monoisotopic (exact) mass is 444 g/mol. The minimum atomic E-state index is -3.60. The van der Waals surface area contributed by atoms with Crippen LogP contribution in [-0.2, 0) is 23.0 Å². The summed E-state index contributed by atoms with van der Waals surface area (Å²) in [6.07, 6.45) is 0.583. The lowest BCUT2D eigenvalue weighted by molar-refractivity contribution is 0.102. The number of carbonyl (C=O) groups excluding carboxylic acids is 1. The van der Waals surface area contributed by atoms with E-state index in [1.54, 1.807) is 42.5 Å². The van der Waals surface area contributed by atoms with Crippen LogP contribution in [0.25, 0.3) is 0 Å². The molecule has 1 heterocycles. The number of anilines is 1. The Hall–Kier alpha value is -2.74. The Morgan fingerprint density at radius 3 is 2.50 bits per heavy atom. The van der Waals surface area contributed by atoms with E-state index in [1.807, 2.05) is 6.07 Å². The first-order chi connectivity index (χ1) is 14.3. The minimum absolute atomic E-state index is 0.0191. The molecule has 0 spiro atoms. The topological polar surface area (TPSA) is 66.5 Å². The zero-order valence-corrected chi connectivity index (χ0v) is 17.4. The SMILES string of the molecule is O=C(Nc1ccc2c(c1)CN(S(=O)(=O)c1ccccc1)CC2)c1ccc(F)cc1Cl. The molecule has 0 aliphatic carbocycles. The van der Waals surface area contributed by atoms with E-state index in [9.17, 15) is 17.6 Å². The van der Waals surface area contributed by atoms with Crippen LogP contribution in [0.15, 0.2) is 71.6 Å². The lowest BCUT2D eigenvalue weighted by atomic mass is 10.0. The Balaban J connectivity index is 1.55. The number of rotatable bonds is 4. The zero-order chi connectivity index (χ0) is 21.3. The first-order valence-corrected chi connectivity index (χ1v) is 11.1. The zero-order valence-electron chi connectivity index (χ0n) is 15.8. The molecule has 0 saturated heterocycles. The molecule has 1 aliphatic rings. The van der Waals surface area contributed by atoms with Gasteiger partial charge in [-0.15, -0.1) is 0 Å². The van der Waals surface area contributed by atoms with Gasteiger partial charge in [0, 0.05) is 18.8 Å². The first kappa shape index (κ1) is 20.5. The molecule has 5 nitrogen and oxygen atoms in total. The van der Waals surface area contributed by atoms with Gasteiger partial charge in [-0.3, -0.25) is 4.79 Å². The molecule has 0 unspecified atom stereocenters. The lowest BCUT2D eigenvalue weighted by Crippen LogP contribution is -2.36. The summed E-state index contributed by atoms with van der Waals surface area (Å²) in [7, 11) is -3.60. The summed E-state index contributed by atoms with van der Waals surface area (Å²) in [6.45, 7) is 0.606. The average Bonchev–Trinajstić information content (AvgIpc) is 2.73. The second-order valence-corrected chi connectivity index (χ2v) is 9.31. The Morgan fingerprint density at radius 2 is 1.77 bits per heavy atom. The van der Waals surface area contributed by atoms with Crippen LogP contribution in [0.1, 0.15) is 21.5 Å². The Morgan fingerprint density at radius 1 is 1.00 bits per heavy atom. The minimum Gasteiger partial charge on any atom is -0.322 e. The van der Waals surface area contributed by atoms with Gasteiger partial charge >= 0.3 is 0 Å². The van der Waals surface area contributed by atoms with E-state index in [1.165, 1.54) is 16.4 Å². The van der Waals surface area contributed by atoms with E-state index in [0.29, 0.717) is 18.7 Å². The van der Waals surface area contributed by atoms with Crippen LogP contribution in [0, 0.1) is 5.82 Å². The Labute approximate surface area is 179 Å². The fourth-order valence-corrected chi connectivity index (χ4v) is 5.12. The van der Waals surface area contributed by atoms with E-state index in [0.717, 1.165) is 17.2 Å². The highest BCUT2D eigenvalue weighted by Crippen LogP contribution is 2.27. The largest absolute Gasteiger partial charge is 0.322 e. The van der Waals surface area contributed by atoms with Gasteiger partial charge in [0.2, 0.25) is 10.0 Å². The van der Waals surface area contributed by atoms with Gasteiger partial charge in [0.1, 0.15) is 5.82 Å². The molecule has 0 atom stereocenters. The molecule has 154 valence electrons. The van der Waals surface area contributed by atoms with E-state index in [-0.39, 0.29) is 22.0 Å². The van der Waals surface area contributed by atoms with Gasteiger partial charge in [-0.2, -0.15) is 4.31 Å². The van der Waals surface area contributed by atoms with Crippen molar-refractivity contribution in [2.75, 3.05) is 11.9 Å². The summed E-state index contributed by atoms with van der Waals surface area (Å²) in [5.41, 5.74) is 2.53. The van der Waals surface area contributed by atoms with Crippen LogP contribution in [-0.4, -0.2) is 25.2 Å². The maximum absolute atomic E-state index is 13.2. The highest BCUT2D eigenvalue weighted by molar-refractivity contribution is 7.89. The molecule has 3 aromatic rings. The third kappa shape index (κ3) is 4.09. The average molecular weight is 445 g/mol. The number of halogens is 2. The van der Waals surface area contributed by atoms with Gasteiger partial charge in [-0.25, -0.2) is 12.8 Å². The summed E-state index contributed by atoms with van der Waals surface area (Å²) in [4.78, 5) is 12.8. The van der Waals surface area contributed by atoms with Gasteiger partial charge < -0.3 is 5.32 Å². The molecule has 1 amide bonds. The first-order valence-electron chi connectivity index (χ1n) is 9.28. The van der Waals surface area contributed by atoms with Crippen molar-refractivity contribution in [2.45, 2.75) is 17.9 Å². The van der Waals surface area contributed by atoms with Crippen LogP contribution >= 0.6 is 11.6 Å². The molecule has 0 radical (unpaired) electrons. The number of carbonyl (C=O) groups is 1. The third-order valence-electron chi connectivity index (χ3n) is 5.00. The van der Waals surface area contributed by atoms with Gasteiger partial charge in [-0.1, -0.05) is 35.9 Å². The van der Waals surface area contributed by atoms with E-state index in [2.05, 4.69) is 5.32 Å². The highest BCUT2D eigenvalue weighted by atomic mass is 35.5. The van der Waals surface area contributed by atoms with Crippen molar-refractivity contribution in [3.05, 3.63) is 94.3 Å². The van der Waals surface area contributed by atoms with Gasteiger partial charge in [-0.05, 0) is 60.0 Å². The number of amides is 1. The molecule has 1 aliphatic heterocycles. The summed E-state index contributed by atoms with van der Waals surface area (Å²) in [6, 6.07) is 17.3. The standard InChI is InChI=1S/C22H18ClFN2O3S/c23-21-13-17(24)7-9-20(21)22(27)25-18-8-6-15-10-11-26(14-16(15)12-18)30(28,29)19-4-2-1-3-5-19/h1-9,12-13H,10-11,14H2,(H,25,27). The van der Waals surface area contributed by atoms with Crippen molar-refractivity contribution in [1.82, 2.24) is 4.31 Å². The number of nitrogens with one attached hydrogen (secondary N) is 1. The molecule has 3 aromatic carbocycles. The number of sulfonamides is 1. The number of fused-ring (bicyclic) bond motifs is 1. The van der Waals surface area contributed by atoms with Gasteiger partial charge in [0.15, 0.2) is 0 Å². The second-order valence-electron chi connectivity index (χ2n) is 6.96. The molecule has 8 heteroatoms. The molecule has 30 heavy (non-hydrogen) atoms. The van der Waals surface area contributed by atoms with Crippen molar-refractivity contribution in [3.63, 3.8) is 0 Å². The molecule has 0 fully saturated rings. The molecule has 0 bridgehead atoms. The predicted octanol–water partition coefficient (Wildman–Crippen LogP) is 4.48. The number of hydrogen-bond donors (Lipinski definition) is 1. The fourth-order valence-electron chi connectivity index (χ4n) is 3.43. The molecule has 0 saturated carbocycles. The quantitative estimate of drug-likeness (QED) is 0.645. The Kier molecular flexibility index (Phi) is 5.60. The van der Waals surface area contributed by atoms with Crippen LogP contribution in [0.3, 0.4) is 0 Å². The van der Waals surface area contributed by atoms with Gasteiger partial charge in [0.25, 0.3) is 5.91 Å². The summed E-state index contributed by atoms with van der Waals surface area (Å²) in [5.74, 6) is -0.991. The smallest absolute Gasteiger partial charge is 0.257 e. The van der Waals surface area contributed by atoms with Crippen LogP contribution in [0.5, 0.6) is 0 Å². The molecular formula is C22H18ClFN2O3S. The summed E-state index contributed by atoms with van der Waals surface area (Å²) >= 11 is 5.96. The van der Waals surface area contributed by atoms with E-state index in [4.69, 9.17) is 11.6 Å². The maximum Gasteiger partial charge on any atom is 0.257 e. The van der Waals surface area contributed by atoms with Crippen LogP contribution in [0.4, 0.5) is 10.1 Å². The fraction of sp³-hybridized carbons (Fsp3) is 0.136. The number of hydrogen-bond acceptors (Lipinski definition) is 3. The van der Waals surface area contributed by atoms with Crippen molar-refractivity contribution in [1.29, 1.82) is 0 Å². The van der Waals surface area contributed by atoms with E-state index >= 15 is 0 Å². The summed E-state index contributed by atoms with van der Waals surface area (Å²) in [5, 5.41) is 2.76. The molecular weight excluding hydrogens is 427 g/mol. The molecule has 0 aromatic heterocycles. The normalized spacial score (nSPS) is 14.2. The van der Waals surface area contributed by atoms with E-state index < -0.39 is 21.7 Å². The van der Waals surface area contributed by atoms with Crippen molar-refractivity contribution in [2.24, 2.45) is 0 Å². The molecule has 1 N–H and O–H groups in total. The number of nitrogens with zero attached hydrogens (tertiary/aromatic N) is 1. The van der Waals surface area contributed by atoms with Crippen molar-refractivity contribution >= 4 is 33.2 Å². The summed E-state index contributed by atoms with van der Waals surface area (Å²) < 4.78 is 40.5. The highest BCUT2D eigenvalue weighted by Gasteiger charge is 2.28. The van der Waals surface area contributed by atoms with Crippen molar-refractivity contribution in [3.8, 4) is 0 Å². The molecule has 4 rings (SSSR count). The maximum atomic E-state index is 13.2. The van der Waals surface area contributed by atoms with Crippen molar-refractivity contribution < 1.29 is 17.6 Å². The third-order valence-corrected chi connectivity index (χ3v) is 7.17. The predicted molar refractivity (Wildman–Crippen MR) is 114 cm³/mol. The van der Waals surface area contributed by atoms with Gasteiger partial charge in [0.05, 0.1) is 15.5 Å². The number of benzene rings is 3. The Bertz CT molecular complexity index is 1220. The second kappa shape index (κ2) is 8.18.